The number of nitrogens with zero attached hydrogens (tertiary/aromatic N) is 6. The van der Waals surface area contributed by atoms with Crippen molar-refractivity contribution < 1.29 is 5.11 Å². The molecule has 7 heteroatoms. The number of hydrogen-bond donors (Lipinski definition) is 1. The second-order valence-corrected chi connectivity index (χ2v) is 8.57. The Balaban J connectivity index is 1.33. The van der Waals surface area contributed by atoms with E-state index >= 15 is 0 Å². The molecule has 1 saturated carbocycles. The highest BCUT2D eigenvalue weighted by Crippen LogP contribution is 2.46. The van der Waals surface area contributed by atoms with Crippen LogP contribution in [0.2, 0.25) is 0 Å². The highest BCUT2D eigenvalue weighted by molar-refractivity contribution is 5.21. The van der Waals surface area contributed by atoms with Crippen molar-refractivity contribution in [3.8, 4) is 0 Å². The monoisotopic (exact) mass is 368 g/mol. The highest BCUT2D eigenvalue weighted by Gasteiger charge is 2.48. The lowest BCUT2D eigenvalue weighted by molar-refractivity contribution is -0.0607. The van der Waals surface area contributed by atoms with Crippen LogP contribution in [0, 0.1) is 0 Å². The van der Waals surface area contributed by atoms with Crippen LogP contribution in [-0.4, -0.2) is 47.3 Å². The summed E-state index contributed by atoms with van der Waals surface area (Å²) in [4.78, 5) is 6.75. The average molecular weight is 368 g/mol. The number of pyridine rings is 1. The molecule has 2 aromatic rings. The van der Waals surface area contributed by atoms with E-state index < -0.39 is 5.60 Å². The number of piperidine rings is 1. The molecule has 27 heavy (non-hydrogen) atoms. The minimum absolute atomic E-state index is 0.380. The maximum absolute atomic E-state index is 11.3. The predicted octanol–water partition coefficient (Wildman–Crippen LogP) is 2.59. The third kappa shape index (κ3) is 3.17. The Morgan fingerprint density at radius 3 is 2.52 bits per heavy atom. The molecule has 3 aliphatic rings. The molecule has 2 bridgehead atoms. The second kappa shape index (κ2) is 6.95. The highest BCUT2D eigenvalue weighted by atomic mass is 16.3. The molecule has 0 radical (unpaired) electrons. The molecule has 4 heterocycles. The van der Waals surface area contributed by atoms with Crippen molar-refractivity contribution in [2.45, 2.75) is 88.1 Å². The van der Waals surface area contributed by atoms with E-state index in [0.717, 1.165) is 43.6 Å². The zero-order valence-electron chi connectivity index (χ0n) is 15.7. The van der Waals surface area contributed by atoms with Crippen LogP contribution in [0.15, 0.2) is 24.5 Å². The van der Waals surface area contributed by atoms with Crippen LogP contribution < -0.4 is 0 Å². The quantitative estimate of drug-likeness (QED) is 0.893. The summed E-state index contributed by atoms with van der Waals surface area (Å²) in [5.74, 6) is 0.991. The predicted molar refractivity (Wildman–Crippen MR) is 99.7 cm³/mol. The fraction of sp³-hybridized carbons (Fsp3) is 0.700. The molecule has 1 N–H and O–H groups in total. The summed E-state index contributed by atoms with van der Waals surface area (Å²) in [5, 5.41) is 24.0. The SMILES string of the molecule is OC1(c2cccnc2)C[C@H]2CC[C@@H](C1)N2Cc1nnnn1C1CCCCC1. The van der Waals surface area contributed by atoms with E-state index in [2.05, 4.69) is 30.1 Å². The van der Waals surface area contributed by atoms with Gasteiger partial charge in [0.25, 0.3) is 0 Å². The van der Waals surface area contributed by atoms with Crippen LogP contribution in [0.1, 0.15) is 75.2 Å². The molecular formula is C20H28N6O. The zero-order valence-corrected chi connectivity index (χ0v) is 15.7. The van der Waals surface area contributed by atoms with Gasteiger partial charge in [0.2, 0.25) is 0 Å². The molecule has 0 aromatic carbocycles. The van der Waals surface area contributed by atoms with Gasteiger partial charge < -0.3 is 5.11 Å². The van der Waals surface area contributed by atoms with Gasteiger partial charge in [-0.15, -0.1) is 5.10 Å². The van der Waals surface area contributed by atoms with Gasteiger partial charge in [-0.25, -0.2) is 4.68 Å². The fourth-order valence-corrected chi connectivity index (χ4v) is 5.54. The minimum Gasteiger partial charge on any atom is -0.385 e. The Bertz CT molecular complexity index is 758. The number of tetrazole rings is 1. The summed E-state index contributed by atoms with van der Waals surface area (Å²) in [7, 11) is 0. The number of rotatable bonds is 4. The molecule has 2 aliphatic heterocycles. The van der Waals surface area contributed by atoms with Crippen molar-refractivity contribution in [3.05, 3.63) is 35.9 Å². The topological polar surface area (TPSA) is 80.0 Å². The smallest absolute Gasteiger partial charge is 0.165 e. The minimum atomic E-state index is -0.758. The van der Waals surface area contributed by atoms with Gasteiger partial charge in [0.05, 0.1) is 18.2 Å². The molecule has 1 unspecified atom stereocenters. The number of hydrogen-bond acceptors (Lipinski definition) is 6. The molecule has 3 atom stereocenters. The van der Waals surface area contributed by atoms with E-state index in [1.807, 2.05) is 18.3 Å². The largest absolute Gasteiger partial charge is 0.385 e. The third-order valence-corrected chi connectivity index (χ3v) is 6.92. The maximum Gasteiger partial charge on any atom is 0.165 e. The summed E-state index contributed by atoms with van der Waals surface area (Å²) in [6, 6.07) is 5.14. The van der Waals surface area contributed by atoms with Crippen LogP contribution >= 0.6 is 0 Å². The van der Waals surface area contributed by atoms with Crippen molar-refractivity contribution in [1.29, 1.82) is 0 Å². The van der Waals surface area contributed by atoms with Crippen LogP contribution in [0.25, 0.3) is 0 Å². The first kappa shape index (κ1) is 17.3. The van der Waals surface area contributed by atoms with Gasteiger partial charge in [0, 0.05) is 30.0 Å². The van der Waals surface area contributed by atoms with Gasteiger partial charge in [-0.3, -0.25) is 9.88 Å². The van der Waals surface area contributed by atoms with Crippen LogP contribution in [0.4, 0.5) is 0 Å². The summed E-state index contributed by atoms with van der Waals surface area (Å²) < 4.78 is 2.08. The van der Waals surface area contributed by atoms with E-state index in [-0.39, 0.29) is 0 Å². The molecular weight excluding hydrogens is 340 g/mol. The van der Waals surface area contributed by atoms with Crippen molar-refractivity contribution in [3.63, 3.8) is 0 Å². The van der Waals surface area contributed by atoms with Gasteiger partial charge >= 0.3 is 0 Å². The molecule has 3 fully saturated rings. The molecule has 0 spiro atoms. The van der Waals surface area contributed by atoms with E-state index in [1.54, 1.807) is 6.20 Å². The summed E-state index contributed by atoms with van der Waals surface area (Å²) in [5.41, 5.74) is 0.194. The van der Waals surface area contributed by atoms with E-state index in [9.17, 15) is 5.11 Å². The Morgan fingerprint density at radius 1 is 1.04 bits per heavy atom. The van der Waals surface area contributed by atoms with Gasteiger partial charge in [-0.1, -0.05) is 25.3 Å². The van der Waals surface area contributed by atoms with E-state index in [0.29, 0.717) is 18.1 Å². The first-order valence-electron chi connectivity index (χ1n) is 10.4. The lowest BCUT2D eigenvalue weighted by atomic mass is 9.81. The normalized spacial score (nSPS) is 32.0. The Labute approximate surface area is 159 Å². The van der Waals surface area contributed by atoms with Crippen LogP contribution in [0.5, 0.6) is 0 Å². The van der Waals surface area contributed by atoms with Gasteiger partial charge in [-0.2, -0.15) is 0 Å². The average Bonchev–Trinajstić information content (AvgIpc) is 3.27. The van der Waals surface area contributed by atoms with Gasteiger partial charge in [0.1, 0.15) is 0 Å². The molecule has 2 saturated heterocycles. The molecule has 2 aromatic heterocycles. The number of aromatic nitrogens is 5. The first-order valence-corrected chi connectivity index (χ1v) is 10.4. The fourth-order valence-electron chi connectivity index (χ4n) is 5.54. The van der Waals surface area contributed by atoms with Crippen LogP contribution in [-0.2, 0) is 12.1 Å². The Kier molecular flexibility index (Phi) is 4.44. The van der Waals surface area contributed by atoms with Gasteiger partial charge in [-0.05, 0) is 55.0 Å². The lowest BCUT2D eigenvalue weighted by Crippen LogP contribution is -2.49. The molecule has 144 valence electrons. The maximum atomic E-state index is 11.3. The van der Waals surface area contributed by atoms with E-state index in [1.165, 1.54) is 32.1 Å². The van der Waals surface area contributed by atoms with Crippen molar-refractivity contribution >= 4 is 0 Å². The van der Waals surface area contributed by atoms with Crippen molar-refractivity contribution in [1.82, 2.24) is 30.1 Å². The third-order valence-electron chi connectivity index (χ3n) is 6.92. The Morgan fingerprint density at radius 2 is 1.81 bits per heavy atom. The van der Waals surface area contributed by atoms with Crippen molar-refractivity contribution in [2.75, 3.05) is 0 Å². The van der Waals surface area contributed by atoms with E-state index in [4.69, 9.17) is 0 Å². The van der Waals surface area contributed by atoms with Gasteiger partial charge in [0.15, 0.2) is 5.82 Å². The summed E-state index contributed by atoms with van der Waals surface area (Å²) in [6.45, 7) is 0.794. The molecule has 7 nitrogen and oxygen atoms in total. The standard InChI is InChI=1S/C20H28N6O/c27-20(15-5-4-10-21-13-15)11-17-8-9-18(12-20)25(17)14-19-22-23-24-26(19)16-6-2-1-3-7-16/h4-5,10,13,16-18,27H,1-3,6-9,11-12,14H2/t17-,18+,20?. The first-order chi connectivity index (χ1) is 13.2. The number of aliphatic hydroxyl groups is 1. The number of fused-ring (bicyclic) bond motifs is 2. The summed E-state index contributed by atoms with van der Waals surface area (Å²) >= 11 is 0. The van der Waals surface area contributed by atoms with Crippen molar-refractivity contribution in [2.24, 2.45) is 0 Å². The lowest BCUT2D eigenvalue weighted by Gasteiger charge is -2.43. The van der Waals surface area contributed by atoms with Crippen LogP contribution in [0.3, 0.4) is 0 Å². The second-order valence-electron chi connectivity index (χ2n) is 8.57. The molecule has 0 amide bonds. The molecule has 5 rings (SSSR count). The Hall–Kier alpha value is -1.86. The summed E-state index contributed by atoms with van der Waals surface area (Å²) in [6.07, 6.45) is 13.6. The molecule has 1 aliphatic carbocycles. The zero-order chi connectivity index (χ0) is 18.3.